The molecule has 0 aliphatic carbocycles. The summed E-state index contributed by atoms with van der Waals surface area (Å²) in [7, 11) is 0. The van der Waals surface area contributed by atoms with Gasteiger partial charge in [0.15, 0.2) is 0 Å². The summed E-state index contributed by atoms with van der Waals surface area (Å²) in [5.41, 5.74) is 1.43. The Morgan fingerprint density at radius 3 is 2.78 bits per heavy atom. The third-order valence-corrected chi connectivity index (χ3v) is 3.64. The van der Waals surface area contributed by atoms with E-state index in [1.54, 1.807) is 35.2 Å². The Kier molecular flexibility index (Phi) is 4.33. The van der Waals surface area contributed by atoms with E-state index in [2.05, 4.69) is 6.58 Å². The van der Waals surface area contributed by atoms with Crippen molar-refractivity contribution >= 4 is 11.6 Å². The highest BCUT2D eigenvalue weighted by molar-refractivity contribution is 6.07. The highest BCUT2D eigenvalue weighted by Crippen LogP contribution is 2.34. The van der Waals surface area contributed by atoms with Gasteiger partial charge < -0.3 is 14.4 Å². The monoisotopic (exact) mass is 309 g/mol. The fourth-order valence-corrected chi connectivity index (χ4v) is 2.59. The lowest BCUT2D eigenvalue weighted by atomic mass is 10.1. The van der Waals surface area contributed by atoms with E-state index in [1.165, 1.54) is 0 Å². The standard InChI is InChI=1S/C19H19NO3/c1-3-12-22-16-10-8-15(9-11-16)19(21)20-13-14(2)23-18-7-5-4-6-17(18)20/h3-11,14H,1,12-13H2,2H3. The van der Waals surface area contributed by atoms with E-state index >= 15 is 0 Å². The van der Waals surface area contributed by atoms with Crippen LogP contribution in [0.15, 0.2) is 61.2 Å². The number of para-hydroxylation sites is 2. The van der Waals surface area contributed by atoms with Crippen molar-refractivity contribution in [2.75, 3.05) is 18.1 Å². The van der Waals surface area contributed by atoms with E-state index in [4.69, 9.17) is 9.47 Å². The van der Waals surface area contributed by atoms with Crippen molar-refractivity contribution < 1.29 is 14.3 Å². The SMILES string of the molecule is C=CCOc1ccc(C(=O)N2CC(C)Oc3ccccc32)cc1. The summed E-state index contributed by atoms with van der Waals surface area (Å²) in [6.45, 7) is 6.55. The number of fused-ring (bicyclic) bond motifs is 1. The summed E-state index contributed by atoms with van der Waals surface area (Å²) in [5, 5.41) is 0. The molecular formula is C19H19NO3. The van der Waals surface area contributed by atoms with Gasteiger partial charge in [0.25, 0.3) is 5.91 Å². The minimum absolute atomic E-state index is 0.0379. The van der Waals surface area contributed by atoms with Crippen LogP contribution in [0.25, 0.3) is 0 Å². The molecule has 118 valence electrons. The fraction of sp³-hybridized carbons (Fsp3) is 0.211. The van der Waals surface area contributed by atoms with Crippen molar-refractivity contribution in [1.82, 2.24) is 0 Å². The third-order valence-electron chi connectivity index (χ3n) is 3.64. The van der Waals surface area contributed by atoms with E-state index in [9.17, 15) is 4.79 Å². The number of rotatable bonds is 4. The maximum Gasteiger partial charge on any atom is 0.258 e. The predicted octanol–water partition coefficient (Wildman–Crippen LogP) is 3.68. The van der Waals surface area contributed by atoms with Crippen LogP contribution in [0.4, 0.5) is 5.69 Å². The van der Waals surface area contributed by atoms with Crippen molar-refractivity contribution in [3.63, 3.8) is 0 Å². The molecule has 3 rings (SSSR count). The molecule has 0 saturated heterocycles. The number of carbonyl (C=O) groups excluding carboxylic acids is 1. The van der Waals surface area contributed by atoms with E-state index in [1.807, 2.05) is 31.2 Å². The van der Waals surface area contributed by atoms with Gasteiger partial charge >= 0.3 is 0 Å². The molecule has 1 atom stereocenters. The smallest absolute Gasteiger partial charge is 0.258 e. The Bertz CT molecular complexity index is 709. The molecule has 1 unspecified atom stereocenters. The number of nitrogens with zero attached hydrogens (tertiary/aromatic N) is 1. The average Bonchev–Trinajstić information content (AvgIpc) is 2.59. The Hall–Kier alpha value is -2.75. The molecule has 1 aliphatic heterocycles. The van der Waals surface area contributed by atoms with Gasteiger partial charge in [-0.2, -0.15) is 0 Å². The van der Waals surface area contributed by atoms with Crippen LogP contribution < -0.4 is 14.4 Å². The molecule has 0 bridgehead atoms. The zero-order chi connectivity index (χ0) is 16.2. The topological polar surface area (TPSA) is 38.8 Å². The average molecular weight is 309 g/mol. The first-order valence-corrected chi connectivity index (χ1v) is 7.60. The molecular weight excluding hydrogens is 290 g/mol. The molecule has 1 amide bonds. The molecule has 4 heteroatoms. The van der Waals surface area contributed by atoms with Gasteiger partial charge in [0, 0.05) is 5.56 Å². The number of hydrogen-bond donors (Lipinski definition) is 0. The number of amides is 1. The van der Waals surface area contributed by atoms with E-state index in [0.717, 1.165) is 17.2 Å². The summed E-state index contributed by atoms with van der Waals surface area (Å²) in [4.78, 5) is 14.6. The van der Waals surface area contributed by atoms with Crippen molar-refractivity contribution in [3.05, 3.63) is 66.7 Å². The number of carbonyl (C=O) groups is 1. The van der Waals surface area contributed by atoms with Gasteiger partial charge in [0.1, 0.15) is 24.2 Å². The lowest BCUT2D eigenvalue weighted by molar-refractivity contribution is 0.0961. The van der Waals surface area contributed by atoms with E-state index < -0.39 is 0 Å². The molecule has 0 radical (unpaired) electrons. The number of benzene rings is 2. The molecule has 4 nitrogen and oxygen atoms in total. The second-order valence-electron chi connectivity index (χ2n) is 5.44. The van der Waals surface area contributed by atoms with Crippen LogP contribution in [0.2, 0.25) is 0 Å². The Labute approximate surface area is 135 Å². The highest BCUT2D eigenvalue weighted by Gasteiger charge is 2.27. The highest BCUT2D eigenvalue weighted by atomic mass is 16.5. The van der Waals surface area contributed by atoms with Crippen molar-refractivity contribution in [1.29, 1.82) is 0 Å². The van der Waals surface area contributed by atoms with Crippen LogP contribution in [0.3, 0.4) is 0 Å². The lowest BCUT2D eigenvalue weighted by Gasteiger charge is -2.33. The minimum atomic E-state index is -0.0390. The molecule has 0 saturated carbocycles. The van der Waals surface area contributed by atoms with Crippen molar-refractivity contribution in [3.8, 4) is 11.5 Å². The largest absolute Gasteiger partial charge is 0.490 e. The summed E-state index contributed by atoms with van der Waals surface area (Å²) in [6.07, 6.45) is 1.65. The van der Waals surface area contributed by atoms with Crippen LogP contribution in [-0.2, 0) is 0 Å². The molecule has 23 heavy (non-hydrogen) atoms. The van der Waals surface area contributed by atoms with Crippen LogP contribution in [0.5, 0.6) is 11.5 Å². The zero-order valence-corrected chi connectivity index (χ0v) is 13.1. The first-order valence-electron chi connectivity index (χ1n) is 7.60. The van der Waals surface area contributed by atoms with Crippen LogP contribution in [-0.4, -0.2) is 25.2 Å². The molecule has 0 spiro atoms. The first kappa shape index (κ1) is 15.2. The third kappa shape index (κ3) is 3.21. The fourth-order valence-electron chi connectivity index (χ4n) is 2.59. The van der Waals surface area contributed by atoms with Crippen LogP contribution in [0.1, 0.15) is 17.3 Å². The molecule has 1 heterocycles. The number of hydrogen-bond acceptors (Lipinski definition) is 3. The molecule has 0 fully saturated rings. The van der Waals surface area contributed by atoms with Crippen LogP contribution >= 0.6 is 0 Å². The quantitative estimate of drug-likeness (QED) is 0.809. The van der Waals surface area contributed by atoms with Gasteiger partial charge in [-0.1, -0.05) is 24.8 Å². The van der Waals surface area contributed by atoms with Gasteiger partial charge in [0.05, 0.1) is 12.2 Å². The Morgan fingerprint density at radius 1 is 1.30 bits per heavy atom. The summed E-state index contributed by atoms with van der Waals surface area (Å²) >= 11 is 0. The zero-order valence-electron chi connectivity index (χ0n) is 13.1. The molecule has 1 aliphatic rings. The first-order chi connectivity index (χ1) is 11.2. The molecule has 2 aromatic rings. The Morgan fingerprint density at radius 2 is 2.04 bits per heavy atom. The van der Waals surface area contributed by atoms with Crippen LogP contribution in [0, 0.1) is 0 Å². The van der Waals surface area contributed by atoms with E-state index in [0.29, 0.717) is 18.7 Å². The Balaban J connectivity index is 1.84. The van der Waals surface area contributed by atoms with Gasteiger partial charge in [-0.15, -0.1) is 0 Å². The lowest BCUT2D eigenvalue weighted by Crippen LogP contribution is -2.42. The maximum absolute atomic E-state index is 12.8. The summed E-state index contributed by atoms with van der Waals surface area (Å²) in [5.74, 6) is 1.42. The molecule has 2 aromatic carbocycles. The minimum Gasteiger partial charge on any atom is -0.490 e. The van der Waals surface area contributed by atoms with Gasteiger partial charge in [0.2, 0.25) is 0 Å². The molecule has 0 aromatic heterocycles. The van der Waals surface area contributed by atoms with Crippen molar-refractivity contribution in [2.24, 2.45) is 0 Å². The number of ether oxygens (including phenoxy) is 2. The summed E-state index contributed by atoms with van der Waals surface area (Å²) in [6, 6.07) is 14.8. The second-order valence-corrected chi connectivity index (χ2v) is 5.44. The van der Waals surface area contributed by atoms with Crippen molar-refractivity contribution in [2.45, 2.75) is 13.0 Å². The van der Waals surface area contributed by atoms with Gasteiger partial charge in [-0.25, -0.2) is 0 Å². The normalized spacial score (nSPS) is 16.2. The summed E-state index contributed by atoms with van der Waals surface area (Å²) < 4.78 is 11.2. The van der Waals surface area contributed by atoms with Gasteiger partial charge in [-0.05, 0) is 43.3 Å². The number of anilines is 1. The molecule has 0 N–H and O–H groups in total. The maximum atomic E-state index is 12.8. The predicted molar refractivity (Wildman–Crippen MR) is 90.3 cm³/mol. The second kappa shape index (κ2) is 6.57. The van der Waals surface area contributed by atoms with Gasteiger partial charge in [-0.3, -0.25) is 4.79 Å². The van der Waals surface area contributed by atoms with E-state index in [-0.39, 0.29) is 12.0 Å².